The molecule has 0 aliphatic heterocycles. The van der Waals surface area contributed by atoms with Crippen molar-refractivity contribution in [2.24, 2.45) is 5.73 Å². The lowest BCUT2D eigenvalue weighted by Crippen LogP contribution is -2.11. The van der Waals surface area contributed by atoms with Gasteiger partial charge in [-0.3, -0.25) is 0 Å². The standard InChI is InChI=1S/C16H18ClNOS/c1-3-20-13-7-4-11(5-8-13)16(18)12-6-9-14(17)15(10-12)19-2/h4-10,16H,3,18H2,1-2H3. The van der Waals surface area contributed by atoms with Crippen molar-refractivity contribution in [2.45, 2.75) is 17.9 Å². The molecule has 0 saturated heterocycles. The topological polar surface area (TPSA) is 35.2 Å². The maximum absolute atomic E-state index is 6.31. The summed E-state index contributed by atoms with van der Waals surface area (Å²) in [4.78, 5) is 1.26. The van der Waals surface area contributed by atoms with E-state index in [1.54, 1.807) is 7.11 Å². The normalized spacial score (nSPS) is 12.2. The van der Waals surface area contributed by atoms with Gasteiger partial charge in [-0.1, -0.05) is 36.7 Å². The molecular formula is C16H18ClNOS. The van der Waals surface area contributed by atoms with E-state index >= 15 is 0 Å². The third kappa shape index (κ3) is 3.48. The van der Waals surface area contributed by atoms with Gasteiger partial charge in [0, 0.05) is 4.90 Å². The SMILES string of the molecule is CCSc1ccc(C(N)c2ccc(Cl)c(OC)c2)cc1. The number of rotatable bonds is 5. The Kier molecular flexibility index (Phi) is 5.35. The molecule has 2 N–H and O–H groups in total. The Morgan fingerprint density at radius 2 is 1.80 bits per heavy atom. The summed E-state index contributed by atoms with van der Waals surface area (Å²) in [6.45, 7) is 2.14. The number of halogens is 1. The van der Waals surface area contributed by atoms with Crippen molar-refractivity contribution in [1.82, 2.24) is 0 Å². The van der Waals surface area contributed by atoms with Crippen LogP contribution in [0.15, 0.2) is 47.4 Å². The van der Waals surface area contributed by atoms with Crippen molar-refractivity contribution >= 4 is 23.4 Å². The van der Waals surface area contributed by atoms with Crippen LogP contribution in [0.4, 0.5) is 0 Å². The molecule has 2 nitrogen and oxygen atoms in total. The highest BCUT2D eigenvalue weighted by Crippen LogP contribution is 2.30. The number of hydrogen-bond acceptors (Lipinski definition) is 3. The molecule has 4 heteroatoms. The van der Waals surface area contributed by atoms with E-state index in [-0.39, 0.29) is 6.04 Å². The molecule has 0 aliphatic carbocycles. The van der Waals surface area contributed by atoms with Gasteiger partial charge in [0.15, 0.2) is 0 Å². The smallest absolute Gasteiger partial charge is 0.137 e. The summed E-state index contributed by atoms with van der Waals surface area (Å²) in [5.41, 5.74) is 8.38. The summed E-state index contributed by atoms with van der Waals surface area (Å²) in [6.07, 6.45) is 0. The third-order valence-corrected chi connectivity index (χ3v) is 4.29. The minimum Gasteiger partial charge on any atom is -0.495 e. The average Bonchev–Trinajstić information content (AvgIpc) is 2.48. The Labute approximate surface area is 129 Å². The van der Waals surface area contributed by atoms with Gasteiger partial charge in [0.25, 0.3) is 0 Å². The quantitative estimate of drug-likeness (QED) is 0.826. The molecule has 0 amide bonds. The number of ether oxygens (including phenoxy) is 1. The van der Waals surface area contributed by atoms with Crippen molar-refractivity contribution in [3.8, 4) is 5.75 Å². The molecule has 0 heterocycles. The molecule has 0 radical (unpaired) electrons. The molecule has 106 valence electrons. The molecule has 0 aromatic heterocycles. The van der Waals surface area contributed by atoms with Gasteiger partial charge in [0.1, 0.15) is 5.75 Å². The predicted molar refractivity (Wildman–Crippen MR) is 86.9 cm³/mol. The Bertz CT molecular complexity index is 571. The van der Waals surface area contributed by atoms with Crippen molar-refractivity contribution < 1.29 is 4.74 Å². The van der Waals surface area contributed by atoms with Crippen LogP contribution in [0.3, 0.4) is 0 Å². The van der Waals surface area contributed by atoms with Crippen LogP contribution in [-0.4, -0.2) is 12.9 Å². The minimum atomic E-state index is -0.179. The van der Waals surface area contributed by atoms with E-state index < -0.39 is 0 Å². The third-order valence-electron chi connectivity index (χ3n) is 3.08. The van der Waals surface area contributed by atoms with Gasteiger partial charge < -0.3 is 10.5 Å². The van der Waals surface area contributed by atoms with E-state index in [0.717, 1.165) is 16.9 Å². The molecule has 0 spiro atoms. The van der Waals surface area contributed by atoms with E-state index in [1.165, 1.54) is 4.90 Å². The monoisotopic (exact) mass is 307 g/mol. The number of nitrogens with two attached hydrogens (primary N) is 1. The molecule has 0 bridgehead atoms. The number of methoxy groups -OCH3 is 1. The lowest BCUT2D eigenvalue weighted by molar-refractivity contribution is 0.414. The van der Waals surface area contributed by atoms with Crippen molar-refractivity contribution in [3.05, 3.63) is 58.6 Å². The second-order valence-electron chi connectivity index (χ2n) is 4.37. The Balaban J connectivity index is 2.24. The van der Waals surface area contributed by atoms with E-state index in [1.807, 2.05) is 30.0 Å². The van der Waals surface area contributed by atoms with Crippen LogP contribution >= 0.6 is 23.4 Å². The number of hydrogen-bond donors (Lipinski definition) is 1. The maximum Gasteiger partial charge on any atom is 0.137 e. The van der Waals surface area contributed by atoms with Crippen molar-refractivity contribution in [3.63, 3.8) is 0 Å². The number of benzene rings is 2. The van der Waals surface area contributed by atoms with Crippen LogP contribution in [0, 0.1) is 0 Å². The molecule has 0 aliphatic rings. The fourth-order valence-electron chi connectivity index (χ4n) is 2.00. The van der Waals surface area contributed by atoms with E-state index in [0.29, 0.717) is 10.8 Å². The molecular weight excluding hydrogens is 290 g/mol. The van der Waals surface area contributed by atoms with E-state index in [9.17, 15) is 0 Å². The largest absolute Gasteiger partial charge is 0.495 e. The summed E-state index contributed by atoms with van der Waals surface area (Å²) in [7, 11) is 1.60. The van der Waals surface area contributed by atoms with Gasteiger partial charge in [-0.15, -0.1) is 11.8 Å². The Hall–Kier alpha value is -1.16. The van der Waals surface area contributed by atoms with Gasteiger partial charge in [-0.2, -0.15) is 0 Å². The number of thioether (sulfide) groups is 1. The molecule has 0 fully saturated rings. The molecule has 20 heavy (non-hydrogen) atoms. The molecule has 1 unspecified atom stereocenters. The molecule has 2 aromatic carbocycles. The van der Waals surface area contributed by atoms with E-state index in [2.05, 4.69) is 31.2 Å². The van der Waals surface area contributed by atoms with Crippen LogP contribution < -0.4 is 10.5 Å². The van der Waals surface area contributed by atoms with Crippen molar-refractivity contribution in [2.75, 3.05) is 12.9 Å². The average molecular weight is 308 g/mol. The maximum atomic E-state index is 6.31. The fraction of sp³-hybridized carbons (Fsp3) is 0.250. The highest BCUT2D eigenvalue weighted by molar-refractivity contribution is 7.99. The van der Waals surface area contributed by atoms with Crippen LogP contribution in [0.25, 0.3) is 0 Å². The zero-order valence-electron chi connectivity index (χ0n) is 11.6. The minimum absolute atomic E-state index is 0.179. The first-order valence-electron chi connectivity index (χ1n) is 6.47. The summed E-state index contributed by atoms with van der Waals surface area (Å²) in [6, 6.07) is 13.8. The molecule has 2 rings (SSSR count). The predicted octanol–water partition coefficient (Wildman–Crippen LogP) is 4.51. The Morgan fingerprint density at radius 3 is 2.40 bits per heavy atom. The van der Waals surface area contributed by atoms with Gasteiger partial charge >= 0.3 is 0 Å². The lowest BCUT2D eigenvalue weighted by Gasteiger charge is -2.14. The lowest BCUT2D eigenvalue weighted by atomic mass is 9.99. The Morgan fingerprint density at radius 1 is 1.15 bits per heavy atom. The van der Waals surface area contributed by atoms with Gasteiger partial charge in [-0.25, -0.2) is 0 Å². The second-order valence-corrected chi connectivity index (χ2v) is 6.12. The van der Waals surface area contributed by atoms with Gasteiger partial charge in [-0.05, 0) is 41.1 Å². The van der Waals surface area contributed by atoms with Gasteiger partial charge in [0.2, 0.25) is 0 Å². The van der Waals surface area contributed by atoms with Crippen LogP contribution in [0.2, 0.25) is 5.02 Å². The molecule has 1 atom stereocenters. The van der Waals surface area contributed by atoms with E-state index in [4.69, 9.17) is 22.1 Å². The zero-order chi connectivity index (χ0) is 14.5. The highest BCUT2D eigenvalue weighted by atomic mass is 35.5. The first kappa shape index (κ1) is 15.2. The fourth-order valence-corrected chi connectivity index (χ4v) is 2.86. The zero-order valence-corrected chi connectivity index (χ0v) is 13.2. The summed E-state index contributed by atoms with van der Waals surface area (Å²) >= 11 is 7.86. The second kappa shape index (κ2) is 7.02. The first-order chi connectivity index (χ1) is 9.65. The van der Waals surface area contributed by atoms with Crippen LogP contribution in [0.5, 0.6) is 5.75 Å². The first-order valence-corrected chi connectivity index (χ1v) is 7.83. The summed E-state index contributed by atoms with van der Waals surface area (Å²) in [5.74, 6) is 1.72. The molecule has 0 saturated carbocycles. The van der Waals surface area contributed by atoms with Crippen LogP contribution in [-0.2, 0) is 0 Å². The highest BCUT2D eigenvalue weighted by Gasteiger charge is 2.11. The summed E-state index contributed by atoms with van der Waals surface area (Å²) < 4.78 is 5.23. The van der Waals surface area contributed by atoms with Crippen molar-refractivity contribution in [1.29, 1.82) is 0 Å². The molecule has 2 aromatic rings. The summed E-state index contributed by atoms with van der Waals surface area (Å²) in [5, 5.41) is 0.596. The van der Waals surface area contributed by atoms with Gasteiger partial charge in [0.05, 0.1) is 18.2 Å². The van der Waals surface area contributed by atoms with Crippen LogP contribution in [0.1, 0.15) is 24.1 Å².